The zero-order chi connectivity index (χ0) is 15.9. The van der Waals surface area contributed by atoms with Gasteiger partial charge in [0.25, 0.3) is 0 Å². The molecule has 2 aliphatic heterocycles. The molecule has 5 heteroatoms. The lowest BCUT2D eigenvalue weighted by Gasteiger charge is -2.46. The van der Waals surface area contributed by atoms with E-state index in [-0.39, 0.29) is 6.09 Å². The molecule has 2 heterocycles. The predicted octanol–water partition coefficient (Wildman–Crippen LogP) is 3.82. The molecule has 1 aromatic rings. The molecule has 1 fully saturated rings. The summed E-state index contributed by atoms with van der Waals surface area (Å²) in [4.78, 5) is 16.6. The number of aryl methyl sites for hydroxylation is 1. The Labute approximate surface area is 140 Å². The first-order chi connectivity index (χ1) is 10.3. The minimum Gasteiger partial charge on any atom is -0.444 e. The highest BCUT2D eigenvalue weighted by atomic mass is 79.9. The van der Waals surface area contributed by atoms with Gasteiger partial charge in [-0.15, -0.1) is 0 Å². The Morgan fingerprint density at radius 1 is 1.32 bits per heavy atom. The monoisotopic (exact) mass is 366 g/mol. The van der Waals surface area contributed by atoms with Gasteiger partial charge in [-0.1, -0.05) is 15.9 Å². The van der Waals surface area contributed by atoms with E-state index < -0.39 is 5.60 Å². The summed E-state index contributed by atoms with van der Waals surface area (Å²) in [5.41, 5.74) is 2.29. The number of carbonyl (C=O) groups excluding carboxylic acids is 1. The smallest absolute Gasteiger partial charge is 0.410 e. The molecule has 120 valence electrons. The standard InChI is InChI=1S/C17H23BrN2O2/c1-17(2,3)22-16(21)19-8-9-20-14(11-19)6-4-12-10-13(18)5-7-15(12)20/h5,7,10,14H,4,6,8-9,11H2,1-3H3. The van der Waals surface area contributed by atoms with Crippen molar-refractivity contribution in [3.05, 3.63) is 28.2 Å². The number of halogens is 1. The molecule has 1 saturated heterocycles. The first-order valence-electron chi connectivity index (χ1n) is 7.86. The normalized spacial score (nSPS) is 21.2. The molecule has 0 aliphatic carbocycles. The minimum absolute atomic E-state index is 0.186. The van der Waals surface area contributed by atoms with Crippen LogP contribution in [0.15, 0.2) is 22.7 Å². The van der Waals surface area contributed by atoms with Gasteiger partial charge in [0.15, 0.2) is 0 Å². The summed E-state index contributed by atoms with van der Waals surface area (Å²) in [7, 11) is 0. The Balaban J connectivity index is 1.71. The van der Waals surface area contributed by atoms with Gasteiger partial charge in [-0.2, -0.15) is 0 Å². The number of carbonyl (C=O) groups is 1. The lowest BCUT2D eigenvalue weighted by Crippen LogP contribution is -2.57. The molecule has 1 amide bonds. The van der Waals surface area contributed by atoms with E-state index in [9.17, 15) is 4.79 Å². The van der Waals surface area contributed by atoms with Gasteiger partial charge in [0.05, 0.1) is 0 Å². The predicted molar refractivity (Wildman–Crippen MR) is 91.4 cm³/mol. The number of hydrogen-bond donors (Lipinski definition) is 0. The maximum Gasteiger partial charge on any atom is 0.410 e. The van der Waals surface area contributed by atoms with E-state index in [4.69, 9.17) is 4.74 Å². The van der Waals surface area contributed by atoms with Gasteiger partial charge in [0, 0.05) is 35.8 Å². The molecule has 0 radical (unpaired) electrons. The molecule has 2 aliphatic rings. The molecule has 22 heavy (non-hydrogen) atoms. The van der Waals surface area contributed by atoms with Crippen molar-refractivity contribution in [1.29, 1.82) is 0 Å². The van der Waals surface area contributed by atoms with E-state index in [1.54, 1.807) is 0 Å². The molecule has 0 N–H and O–H groups in total. The highest BCUT2D eigenvalue weighted by Crippen LogP contribution is 2.34. The van der Waals surface area contributed by atoms with Gasteiger partial charge in [-0.25, -0.2) is 4.79 Å². The lowest BCUT2D eigenvalue weighted by molar-refractivity contribution is 0.0210. The van der Waals surface area contributed by atoms with Crippen molar-refractivity contribution in [1.82, 2.24) is 4.90 Å². The van der Waals surface area contributed by atoms with Gasteiger partial charge < -0.3 is 14.5 Å². The van der Waals surface area contributed by atoms with Crippen LogP contribution in [0, 0.1) is 0 Å². The van der Waals surface area contributed by atoms with E-state index in [2.05, 4.69) is 39.0 Å². The molecular weight excluding hydrogens is 344 g/mol. The third-order valence-electron chi connectivity index (χ3n) is 4.23. The zero-order valence-electron chi connectivity index (χ0n) is 13.4. The molecule has 1 atom stereocenters. The van der Waals surface area contributed by atoms with Gasteiger partial charge in [-0.05, 0) is 57.4 Å². The number of anilines is 1. The van der Waals surface area contributed by atoms with Crippen molar-refractivity contribution in [2.75, 3.05) is 24.5 Å². The molecule has 0 saturated carbocycles. The van der Waals surface area contributed by atoms with E-state index >= 15 is 0 Å². The summed E-state index contributed by atoms with van der Waals surface area (Å²) in [6.45, 7) is 8.09. The summed E-state index contributed by atoms with van der Waals surface area (Å²) in [5.74, 6) is 0. The fraction of sp³-hybridized carbons (Fsp3) is 0.588. The quantitative estimate of drug-likeness (QED) is 0.699. The van der Waals surface area contributed by atoms with E-state index in [1.807, 2.05) is 25.7 Å². The van der Waals surface area contributed by atoms with Crippen molar-refractivity contribution < 1.29 is 9.53 Å². The van der Waals surface area contributed by atoms with Crippen LogP contribution in [0.25, 0.3) is 0 Å². The number of piperazine rings is 1. The number of rotatable bonds is 0. The summed E-state index contributed by atoms with van der Waals surface area (Å²) >= 11 is 3.55. The SMILES string of the molecule is CC(C)(C)OC(=O)N1CCN2c3ccc(Br)cc3CCC2C1. The molecule has 0 spiro atoms. The van der Waals surface area contributed by atoms with Crippen molar-refractivity contribution in [2.24, 2.45) is 0 Å². The Morgan fingerprint density at radius 2 is 2.09 bits per heavy atom. The van der Waals surface area contributed by atoms with Crippen LogP contribution >= 0.6 is 15.9 Å². The second kappa shape index (κ2) is 5.76. The highest BCUT2D eigenvalue weighted by Gasteiger charge is 2.34. The minimum atomic E-state index is -0.431. The molecule has 4 nitrogen and oxygen atoms in total. The maximum absolute atomic E-state index is 12.3. The van der Waals surface area contributed by atoms with Gasteiger partial charge in [0.2, 0.25) is 0 Å². The Hall–Kier alpha value is -1.23. The number of benzene rings is 1. The van der Waals surface area contributed by atoms with Crippen molar-refractivity contribution >= 4 is 27.7 Å². The fourth-order valence-corrected chi connectivity index (χ4v) is 3.68. The van der Waals surface area contributed by atoms with Crippen molar-refractivity contribution in [2.45, 2.75) is 45.3 Å². The second-order valence-electron chi connectivity index (χ2n) is 7.09. The van der Waals surface area contributed by atoms with Crippen LogP contribution in [0.2, 0.25) is 0 Å². The van der Waals surface area contributed by atoms with E-state index in [0.717, 1.165) is 36.9 Å². The first-order valence-corrected chi connectivity index (χ1v) is 8.66. The largest absolute Gasteiger partial charge is 0.444 e. The number of amides is 1. The van der Waals surface area contributed by atoms with E-state index in [0.29, 0.717) is 6.04 Å². The number of nitrogens with zero attached hydrogens (tertiary/aromatic N) is 2. The topological polar surface area (TPSA) is 32.8 Å². The number of hydrogen-bond acceptors (Lipinski definition) is 3. The average Bonchev–Trinajstić information content (AvgIpc) is 2.44. The summed E-state index contributed by atoms with van der Waals surface area (Å²) in [5, 5.41) is 0. The van der Waals surface area contributed by atoms with Crippen LogP contribution in [0.1, 0.15) is 32.8 Å². The number of ether oxygens (including phenoxy) is 1. The summed E-state index contributed by atoms with van der Waals surface area (Å²) in [6, 6.07) is 6.90. The van der Waals surface area contributed by atoms with Crippen LogP contribution in [0.4, 0.5) is 10.5 Å². The Morgan fingerprint density at radius 3 is 2.82 bits per heavy atom. The van der Waals surface area contributed by atoms with Gasteiger partial charge in [0.1, 0.15) is 5.60 Å². The molecule has 1 aromatic carbocycles. The van der Waals surface area contributed by atoms with Crippen LogP contribution < -0.4 is 4.90 Å². The van der Waals surface area contributed by atoms with Crippen molar-refractivity contribution in [3.63, 3.8) is 0 Å². The van der Waals surface area contributed by atoms with Gasteiger partial charge in [-0.3, -0.25) is 0 Å². The molecule has 1 unspecified atom stereocenters. The average molecular weight is 367 g/mol. The third kappa shape index (κ3) is 3.24. The number of fused-ring (bicyclic) bond motifs is 3. The molecular formula is C17H23BrN2O2. The van der Waals surface area contributed by atoms with Crippen LogP contribution in [0.3, 0.4) is 0 Å². The highest BCUT2D eigenvalue weighted by molar-refractivity contribution is 9.10. The van der Waals surface area contributed by atoms with Crippen LogP contribution in [-0.4, -0.2) is 42.3 Å². The third-order valence-corrected chi connectivity index (χ3v) is 4.73. The van der Waals surface area contributed by atoms with Crippen molar-refractivity contribution in [3.8, 4) is 0 Å². The Bertz CT molecular complexity index is 583. The second-order valence-corrected chi connectivity index (χ2v) is 8.00. The van der Waals surface area contributed by atoms with Gasteiger partial charge >= 0.3 is 6.09 Å². The summed E-state index contributed by atoms with van der Waals surface area (Å²) < 4.78 is 6.64. The van der Waals surface area contributed by atoms with Crippen LogP contribution in [-0.2, 0) is 11.2 Å². The summed E-state index contributed by atoms with van der Waals surface area (Å²) in [6.07, 6.45) is 1.97. The molecule has 0 bridgehead atoms. The molecule has 0 aromatic heterocycles. The Kier molecular flexibility index (Phi) is 4.10. The maximum atomic E-state index is 12.3. The van der Waals surface area contributed by atoms with Crippen LogP contribution in [0.5, 0.6) is 0 Å². The fourth-order valence-electron chi connectivity index (χ4n) is 3.27. The van der Waals surface area contributed by atoms with E-state index in [1.165, 1.54) is 11.3 Å². The lowest BCUT2D eigenvalue weighted by atomic mass is 9.94. The first kappa shape index (κ1) is 15.7. The zero-order valence-corrected chi connectivity index (χ0v) is 15.0. The molecule has 3 rings (SSSR count).